The molecule has 1 fully saturated rings. The molecule has 1 saturated carbocycles. The summed E-state index contributed by atoms with van der Waals surface area (Å²) < 4.78 is 5.57. The Labute approximate surface area is 203 Å². The number of hydrogen-bond acceptors (Lipinski definition) is 4. The van der Waals surface area contributed by atoms with E-state index in [1.54, 1.807) is 19.1 Å². The molecule has 0 saturated heterocycles. The number of aromatic carboxylic acids is 1. The molecule has 178 valence electrons. The monoisotopic (exact) mass is 470 g/mol. The van der Waals surface area contributed by atoms with Gasteiger partial charge in [-0.15, -0.1) is 0 Å². The number of rotatable bonds is 7. The SMILES string of the molecule is Cc1ccc(NC(=O)C2(CNC(=O)OCC3c4ccccc4-c4ccccc43)CC2)cc1C(=O)O. The highest BCUT2D eigenvalue weighted by Gasteiger charge is 2.50. The molecule has 0 unspecified atom stereocenters. The van der Waals surface area contributed by atoms with Gasteiger partial charge in [-0.05, 0) is 59.7 Å². The minimum atomic E-state index is -1.04. The second-order valence-electron chi connectivity index (χ2n) is 9.25. The van der Waals surface area contributed by atoms with Crippen LogP contribution in [0, 0.1) is 12.3 Å². The van der Waals surface area contributed by atoms with Crippen LogP contribution >= 0.6 is 0 Å². The molecule has 7 heteroatoms. The molecular weight excluding hydrogens is 444 g/mol. The number of nitrogens with one attached hydrogen (secondary N) is 2. The van der Waals surface area contributed by atoms with Gasteiger partial charge in [-0.3, -0.25) is 4.79 Å². The number of carboxylic acid groups (broad SMARTS) is 1. The van der Waals surface area contributed by atoms with Crippen molar-refractivity contribution in [3.05, 3.63) is 89.0 Å². The second-order valence-corrected chi connectivity index (χ2v) is 9.25. The molecular formula is C28H26N2O5. The normalized spacial score (nSPS) is 15.0. The first kappa shape index (κ1) is 22.7. The molecule has 3 aromatic carbocycles. The summed E-state index contributed by atoms with van der Waals surface area (Å²) in [5.74, 6) is -1.32. The third-order valence-electron chi connectivity index (χ3n) is 6.98. The summed E-state index contributed by atoms with van der Waals surface area (Å²) in [5.41, 5.74) is 5.07. The molecule has 7 nitrogen and oxygen atoms in total. The first-order valence-corrected chi connectivity index (χ1v) is 11.6. The molecule has 3 N–H and O–H groups in total. The minimum absolute atomic E-state index is 0.0312. The standard InChI is InChI=1S/C28H26N2O5/c1-17-10-11-18(14-23(17)25(31)32)30-26(33)28(12-13-28)16-29-27(34)35-15-24-21-8-4-2-6-19(21)20-7-3-5-9-22(20)24/h2-11,14,24H,12-13,15-16H2,1H3,(H,29,34)(H,30,33)(H,31,32). The maximum absolute atomic E-state index is 12.9. The summed E-state index contributed by atoms with van der Waals surface area (Å²) in [6.45, 7) is 2.07. The van der Waals surface area contributed by atoms with Crippen LogP contribution < -0.4 is 10.6 Å². The molecule has 2 aliphatic carbocycles. The van der Waals surface area contributed by atoms with Crippen molar-refractivity contribution in [2.45, 2.75) is 25.7 Å². The molecule has 5 rings (SSSR count). The Hall–Kier alpha value is -4.13. The molecule has 0 aromatic heterocycles. The molecule has 0 atom stereocenters. The third-order valence-corrected chi connectivity index (χ3v) is 6.98. The van der Waals surface area contributed by atoms with E-state index >= 15 is 0 Å². The lowest BCUT2D eigenvalue weighted by Crippen LogP contribution is -2.37. The summed E-state index contributed by atoms with van der Waals surface area (Å²) in [4.78, 5) is 36.7. The van der Waals surface area contributed by atoms with Crippen LogP contribution in [0.4, 0.5) is 10.5 Å². The van der Waals surface area contributed by atoms with E-state index in [2.05, 4.69) is 34.9 Å². The number of alkyl carbamates (subject to hydrolysis) is 1. The number of fused-ring (bicyclic) bond motifs is 3. The molecule has 0 radical (unpaired) electrons. The second kappa shape index (κ2) is 8.91. The summed E-state index contributed by atoms with van der Waals surface area (Å²) in [5, 5.41) is 14.8. The van der Waals surface area contributed by atoms with Gasteiger partial charge in [-0.2, -0.15) is 0 Å². The maximum Gasteiger partial charge on any atom is 0.407 e. The van der Waals surface area contributed by atoms with Gasteiger partial charge in [-0.25, -0.2) is 9.59 Å². The predicted octanol–water partition coefficient (Wildman–Crippen LogP) is 4.95. The van der Waals surface area contributed by atoms with Crippen molar-refractivity contribution < 1.29 is 24.2 Å². The molecule has 3 aromatic rings. The molecule has 0 aliphatic heterocycles. The van der Waals surface area contributed by atoms with Gasteiger partial charge in [0, 0.05) is 18.2 Å². The van der Waals surface area contributed by atoms with E-state index in [1.807, 2.05) is 24.3 Å². The topological polar surface area (TPSA) is 105 Å². The fraction of sp³-hybridized carbons (Fsp3) is 0.250. The molecule has 0 heterocycles. The highest BCUT2D eigenvalue weighted by Crippen LogP contribution is 2.46. The van der Waals surface area contributed by atoms with Crippen LogP contribution in [-0.4, -0.2) is 36.2 Å². The van der Waals surface area contributed by atoms with Crippen molar-refractivity contribution in [2.24, 2.45) is 5.41 Å². The average Bonchev–Trinajstić information content (AvgIpc) is 3.59. The van der Waals surface area contributed by atoms with Crippen LogP contribution in [0.5, 0.6) is 0 Å². The third kappa shape index (κ3) is 4.37. The fourth-order valence-corrected chi connectivity index (χ4v) is 4.72. The van der Waals surface area contributed by atoms with Gasteiger partial charge in [0.2, 0.25) is 5.91 Å². The lowest BCUT2D eigenvalue weighted by atomic mass is 9.98. The Morgan fingerprint density at radius 3 is 2.20 bits per heavy atom. The Bertz CT molecular complexity index is 1280. The van der Waals surface area contributed by atoms with Crippen LogP contribution in [0.1, 0.15) is 45.8 Å². The predicted molar refractivity (Wildman–Crippen MR) is 132 cm³/mol. The zero-order chi connectivity index (χ0) is 24.6. The maximum atomic E-state index is 12.9. The lowest BCUT2D eigenvalue weighted by molar-refractivity contribution is -0.120. The number of carbonyl (C=O) groups excluding carboxylic acids is 2. The zero-order valence-electron chi connectivity index (χ0n) is 19.3. The van der Waals surface area contributed by atoms with Crippen LogP contribution in [0.2, 0.25) is 0 Å². The van der Waals surface area contributed by atoms with Gasteiger partial charge in [-0.1, -0.05) is 54.6 Å². The first-order valence-electron chi connectivity index (χ1n) is 11.6. The zero-order valence-corrected chi connectivity index (χ0v) is 19.3. The van der Waals surface area contributed by atoms with Crippen LogP contribution in [0.25, 0.3) is 11.1 Å². The van der Waals surface area contributed by atoms with Crippen molar-refractivity contribution >= 4 is 23.7 Å². The quantitative estimate of drug-likeness (QED) is 0.453. The molecule has 0 spiro atoms. The Morgan fingerprint density at radius 1 is 0.971 bits per heavy atom. The number of anilines is 1. The highest BCUT2D eigenvalue weighted by molar-refractivity contribution is 5.99. The minimum Gasteiger partial charge on any atom is -0.478 e. The van der Waals surface area contributed by atoms with Crippen LogP contribution in [-0.2, 0) is 9.53 Å². The van der Waals surface area contributed by atoms with Gasteiger partial charge in [0.05, 0.1) is 11.0 Å². The van der Waals surface area contributed by atoms with E-state index < -0.39 is 17.5 Å². The number of amides is 2. The van der Waals surface area contributed by atoms with Gasteiger partial charge in [0.1, 0.15) is 6.61 Å². The summed E-state index contributed by atoms with van der Waals surface area (Å²) in [6, 6.07) is 21.1. The lowest BCUT2D eigenvalue weighted by Gasteiger charge is -2.18. The largest absolute Gasteiger partial charge is 0.478 e. The van der Waals surface area contributed by atoms with E-state index in [0.717, 1.165) is 22.3 Å². The Balaban J connectivity index is 1.18. The van der Waals surface area contributed by atoms with E-state index in [9.17, 15) is 19.5 Å². The number of carbonyl (C=O) groups is 3. The van der Waals surface area contributed by atoms with Crippen molar-refractivity contribution in [3.63, 3.8) is 0 Å². The highest BCUT2D eigenvalue weighted by atomic mass is 16.5. The Kier molecular flexibility index (Phi) is 5.76. The van der Waals surface area contributed by atoms with Gasteiger partial charge in [0.15, 0.2) is 0 Å². The van der Waals surface area contributed by atoms with Gasteiger partial charge < -0.3 is 20.5 Å². The summed E-state index contributed by atoms with van der Waals surface area (Å²) >= 11 is 0. The van der Waals surface area contributed by atoms with Crippen molar-refractivity contribution in [1.29, 1.82) is 0 Å². The van der Waals surface area contributed by atoms with Gasteiger partial charge >= 0.3 is 12.1 Å². The number of carboxylic acids is 1. The van der Waals surface area contributed by atoms with Crippen LogP contribution in [0.3, 0.4) is 0 Å². The van der Waals surface area contributed by atoms with E-state index in [4.69, 9.17) is 4.74 Å². The van der Waals surface area contributed by atoms with Crippen molar-refractivity contribution in [1.82, 2.24) is 5.32 Å². The number of aryl methyl sites for hydroxylation is 1. The van der Waals surface area contributed by atoms with E-state index in [-0.39, 0.29) is 30.5 Å². The number of hydrogen-bond donors (Lipinski definition) is 3. The first-order chi connectivity index (χ1) is 16.9. The Morgan fingerprint density at radius 2 is 1.60 bits per heavy atom. The smallest absolute Gasteiger partial charge is 0.407 e. The average molecular weight is 471 g/mol. The van der Waals surface area contributed by atoms with Crippen molar-refractivity contribution in [2.75, 3.05) is 18.5 Å². The number of ether oxygens (including phenoxy) is 1. The molecule has 35 heavy (non-hydrogen) atoms. The van der Waals surface area contributed by atoms with E-state index in [0.29, 0.717) is 24.1 Å². The molecule has 2 amide bonds. The summed E-state index contributed by atoms with van der Waals surface area (Å²) in [7, 11) is 0. The van der Waals surface area contributed by atoms with Gasteiger partial charge in [0.25, 0.3) is 0 Å². The molecule has 0 bridgehead atoms. The van der Waals surface area contributed by atoms with Crippen LogP contribution in [0.15, 0.2) is 66.7 Å². The van der Waals surface area contributed by atoms with Crippen molar-refractivity contribution in [3.8, 4) is 11.1 Å². The number of benzene rings is 3. The summed E-state index contributed by atoms with van der Waals surface area (Å²) in [6.07, 6.45) is 0.717. The van der Waals surface area contributed by atoms with E-state index in [1.165, 1.54) is 6.07 Å². The molecule has 2 aliphatic rings. The fourth-order valence-electron chi connectivity index (χ4n) is 4.72.